The van der Waals surface area contributed by atoms with Gasteiger partial charge in [0, 0.05) is 43.9 Å². The molecule has 5 heteroatoms. The number of benzene rings is 7. The van der Waals surface area contributed by atoms with Crippen LogP contribution in [0.25, 0.3) is 77.2 Å². The van der Waals surface area contributed by atoms with E-state index in [4.69, 9.17) is 0 Å². The van der Waals surface area contributed by atoms with Crippen molar-refractivity contribution >= 4 is 43.6 Å². The van der Waals surface area contributed by atoms with Gasteiger partial charge in [-0.2, -0.15) is 15.8 Å². The van der Waals surface area contributed by atoms with Crippen LogP contribution in [0.4, 0.5) is 0 Å². The van der Waals surface area contributed by atoms with Crippen LogP contribution in [-0.4, -0.2) is 9.13 Å². The molecule has 9 aromatic rings. The number of nitriles is 3. The zero-order valence-electron chi connectivity index (χ0n) is 26.7. The Kier molecular flexibility index (Phi) is 6.56. The van der Waals surface area contributed by atoms with Crippen LogP contribution in [0.3, 0.4) is 0 Å². The second-order valence-electron chi connectivity index (χ2n) is 12.3. The summed E-state index contributed by atoms with van der Waals surface area (Å²) in [4.78, 5) is 0. The molecule has 0 amide bonds. The Morgan fingerprint density at radius 3 is 1.64 bits per heavy atom. The van der Waals surface area contributed by atoms with Crippen molar-refractivity contribution in [2.75, 3.05) is 0 Å². The lowest BCUT2D eigenvalue weighted by atomic mass is 9.89. The SMILES string of the molecule is N#Cc1cc(-c2cccc(-n3c4ccccc4c4cc(C#N)ccc43)c2)c(C#N)c(-c2ccccc2-n2c3ccccc3c3ccccc32)c1. The molecular weight excluding hydrogens is 611 g/mol. The van der Waals surface area contributed by atoms with E-state index in [1.165, 1.54) is 0 Å². The lowest BCUT2D eigenvalue weighted by Crippen LogP contribution is -2.00. The zero-order valence-corrected chi connectivity index (χ0v) is 26.7. The average Bonchev–Trinajstić information content (AvgIpc) is 3.70. The Morgan fingerprint density at radius 2 is 0.960 bits per heavy atom. The zero-order chi connectivity index (χ0) is 33.8. The molecule has 0 unspecified atom stereocenters. The molecule has 9 rings (SSSR count). The summed E-state index contributed by atoms with van der Waals surface area (Å²) in [6.45, 7) is 0. The minimum absolute atomic E-state index is 0.470. The van der Waals surface area contributed by atoms with Crippen LogP contribution < -0.4 is 0 Å². The van der Waals surface area contributed by atoms with Crippen molar-refractivity contribution in [3.8, 4) is 51.8 Å². The van der Waals surface area contributed by atoms with Crippen LogP contribution in [0.5, 0.6) is 0 Å². The summed E-state index contributed by atoms with van der Waals surface area (Å²) < 4.78 is 4.44. The molecule has 2 aromatic heterocycles. The maximum atomic E-state index is 10.9. The highest BCUT2D eigenvalue weighted by molar-refractivity contribution is 6.11. The van der Waals surface area contributed by atoms with Gasteiger partial charge >= 0.3 is 0 Å². The van der Waals surface area contributed by atoms with E-state index in [9.17, 15) is 15.8 Å². The molecule has 50 heavy (non-hydrogen) atoms. The van der Waals surface area contributed by atoms with Crippen LogP contribution in [0, 0.1) is 34.0 Å². The highest BCUT2D eigenvalue weighted by Crippen LogP contribution is 2.41. The van der Waals surface area contributed by atoms with Gasteiger partial charge in [-0.3, -0.25) is 0 Å². The topological polar surface area (TPSA) is 81.2 Å². The van der Waals surface area contributed by atoms with Gasteiger partial charge in [0.15, 0.2) is 0 Å². The molecule has 0 aliphatic heterocycles. The number of aromatic nitrogens is 2. The summed E-state index contributed by atoms with van der Waals surface area (Å²) in [7, 11) is 0. The van der Waals surface area contributed by atoms with E-state index in [1.54, 1.807) is 0 Å². The smallest absolute Gasteiger partial charge is 0.100 e. The summed E-state index contributed by atoms with van der Waals surface area (Å²) in [5, 5.41) is 35.1. The van der Waals surface area contributed by atoms with Gasteiger partial charge in [-0.25, -0.2) is 0 Å². The van der Waals surface area contributed by atoms with Crippen LogP contribution in [0.1, 0.15) is 16.7 Å². The van der Waals surface area contributed by atoms with Crippen molar-refractivity contribution in [1.29, 1.82) is 15.8 Å². The summed E-state index contributed by atoms with van der Waals surface area (Å²) in [5.74, 6) is 0. The van der Waals surface area contributed by atoms with Crippen LogP contribution in [-0.2, 0) is 0 Å². The van der Waals surface area contributed by atoms with E-state index >= 15 is 0 Å². The number of hydrogen-bond donors (Lipinski definition) is 0. The Bertz CT molecular complexity index is 2920. The third-order valence-electron chi connectivity index (χ3n) is 9.61. The number of para-hydroxylation sites is 4. The minimum atomic E-state index is 0.470. The van der Waals surface area contributed by atoms with Gasteiger partial charge in [-0.1, -0.05) is 84.9 Å². The molecule has 0 saturated carbocycles. The predicted molar refractivity (Wildman–Crippen MR) is 200 cm³/mol. The first-order valence-electron chi connectivity index (χ1n) is 16.3. The first-order valence-corrected chi connectivity index (χ1v) is 16.3. The van der Waals surface area contributed by atoms with E-state index in [1.807, 2.05) is 91.0 Å². The highest BCUT2D eigenvalue weighted by atomic mass is 15.0. The maximum absolute atomic E-state index is 10.9. The number of nitrogens with zero attached hydrogens (tertiary/aromatic N) is 5. The molecule has 0 N–H and O–H groups in total. The molecule has 7 aromatic carbocycles. The van der Waals surface area contributed by atoms with E-state index in [0.29, 0.717) is 27.8 Å². The normalized spacial score (nSPS) is 11.1. The van der Waals surface area contributed by atoms with E-state index < -0.39 is 0 Å². The van der Waals surface area contributed by atoms with Crippen LogP contribution in [0.15, 0.2) is 152 Å². The van der Waals surface area contributed by atoms with E-state index in [0.717, 1.165) is 66.1 Å². The summed E-state index contributed by atoms with van der Waals surface area (Å²) in [5.41, 5.74) is 10.6. The fourth-order valence-electron chi connectivity index (χ4n) is 7.48. The van der Waals surface area contributed by atoms with Crippen LogP contribution >= 0.6 is 0 Å². The molecule has 0 spiro atoms. The molecule has 0 saturated heterocycles. The Labute approximate surface area is 287 Å². The quantitative estimate of drug-likeness (QED) is 0.193. The molecular formula is C45H25N5. The Morgan fingerprint density at radius 1 is 0.380 bits per heavy atom. The van der Waals surface area contributed by atoms with Crippen molar-refractivity contribution < 1.29 is 0 Å². The second kappa shape index (κ2) is 11.4. The van der Waals surface area contributed by atoms with Crippen molar-refractivity contribution in [3.63, 3.8) is 0 Å². The van der Waals surface area contributed by atoms with Gasteiger partial charge in [0.05, 0.1) is 56.6 Å². The first-order chi connectivity index (χ1) is 24.7. The molecule has 0 fully saturated rings. The third-order valence-corrected chi connectivity index (χ3v) is 9.61. The van der Waals surface area contributed by atoms with Gasteiger partial charge in [-0.05, 0) is 72.3 Å². The molecule has 5 nitrogen and oxygen atoms in total. The first kappa shape index (κ1) is 28.8. The Balaban J connectivity index is 1.28. The second-order valence-corrected chi connectivity index (χ2v) is 12.3. The van der Waals surface area contributed by atoms with E-state index in [-0.39, 0.29) is 0 Å². The molecule has 0 aliphatic rings. The van der Waals surface area contributed by atoms with Gasteiger partial charge in [0.2, 0.25) is 0 Å². The standard InChI is InChI=1S/C45H25N5/c46-26-29-20-21-45-39(22-29)36-15-4-5-16-41(36)49(45)32-11-9-10-31(25-32)37-23-30(27-47)24-38(40(37)28-48)35-14-3-8-19-44(35)50-42-17-6-1-12-33(42)34-13-2-7-18-43(34)50/h1-25H. The largest absolute Gasteiger partial charge is 0.309 e. The molecule has 0 radical (unpaired) electrons. The molecule has 0 atom stereocenters. The third kappa shape index (κ3) is 4.31. The fraction of sp³-hybridized carbons (Fsp3) is 0. The average molecular weight is 636 g/mol. The lowest BCUT2D eigenvalue weighted by Gasteiger charge is -2.17. The maximum Gasteiger partial charge on any atom is 0.100 e. The molecule has 0 bridgehead atoms. The number of fused-ring (bicyclic) bond motifs is 6. The summed E-state index contributed by atoms with van der Waals surface area (Å²) in [6, 6.07) is 57.7. The fourth-order valence-corrected chi connectivity index (χ4v) is 7.48. The van der Waals surface area contributed by atoms with Gasteiger partial charge in [0.25, 0.3) is 0 Å². The molecule has 230 valence electrons. The Hall–Kier alpha value is -7.39. The van der Waals surface area contributed by atoms with Gasteiger partial charge in [0.1, 0.15) is 6.07 Å². The number of rotatable bonds is 4. The monoisotopic (exact) mass is 635 g/mol. The van der Waals surface area contributed by atoms with Gasteiger partial charge in [-0.15, -0.1) is 0 Å². The molecule has 0 aliphatic carbocycles. The minimum Gasteiger partial charge on any atom is -0.309 e. The van der Waals surface area contributed by atoms with Crippen molar-refractivity contribution in [1.82, 2.24) is 9.13 Å². The highest BCUT2D eigenvalue weighted by Gasteiger charge is 2.21. The predicted octanol–water partition coefficient (Wildman–Crippen LogP) is 10.8. The lowest BCUT2D eigenvalue weighted by molar-refractivity contribution is 1.18. The van der Waals surface area contributed by atoms with Crippen LogP contribution in [0.2, 0.25) is 0 Å². The van der Waals surface area contributed by atoms with Crippen molar-refractivity contribution in [2.45, 2.75) is 0 Å². The van der Waals surface area contributed by atoms with Gasteiger partial charge < -0.3 is 9.13 Å². The van der Waals surface area contributed by atoms with Crippen molar-refractivity contribution in [2.24, 2.45) is 0 Å². The molecule has 2 heterocycles. The summed E-state index contributed by atoms with van der Waals surface area (Å²) in [6.07, 6.45) is 0. The number of hydrogen-bond acceptors (Lipinski definition) is 3. The summed E-state index contributed by atoms with van der Waals surface area (Å²) >= 11 is 0. The van der Waals surface area contributed by atoms with E-state index in [2.05, 4.69) is 88.0 Å². The van der Waals surface area contributed by atoms with Crippen molar-refractivity contribution in [3.05, 3.63) is 168 Å².